The first-order chi connectivity index (χ1) is 7.99. The van der Waals surface area contributed by atoms with Gasteiger partial charge in [0, 0.05) is 26.2 Å². The minimum atomic E-state index is -0.251. The summed E-state index contributed by atoms with van der Waals surface area (Å²) >= 11 is 0. The van der Waals surface area contributed by atoms with Crippen LogP contribution in [0.1, 0.15) is 0 Å². The topological polar surface area (TPSA) is 46.9 Å². The van der Waals surface area contributed by atoms with Crippen molar-refractivity contribution in [3.63, 3.8) is 0 Å². The normalized spacial score (nSPS) is 27.4. The van der Waals surface area contributed by atoms with E-state index in [0.29, 0.717) is 0 Å². The van der Waals surface area contributed by atoms with Gasteiger partial charge in [-0.3, -0.25) is 4.90 Å². The Morgan fingerprint density at radius 1 is 1.29 bits per heavy atom. The maximum absolute atomic E-state index is 9.89. The fourth-order valence-electron chi connectivity index (χ4n) is 3.10. The summed E-state index contributed by atoms with van der Waals surface area (Å²) in [5, 5.41) is 19.3. The molecule has 0 amide bonds. The summed E-state index contributed by atoms with van der Waals surface area (Å²) in [5.41, 5.74) is 0. The van der Waals surface area contributed by atoms with E-state index >= 15 is 0 Å². The Balaban J connectivity index is 1.69. The summed E-state index contributed by atoms with van der Waals surface area (Å²) in [5.74, 6) is 0. The molecule has 2 aliphatic rings. The second-order valence-electron chi connectivity index (χ2n) is 6.02. The van der Waals surface area contributed by atoms with Gasteiger partial charge in [-0.15, -0.1) is 0 Å². The van der Waals surface area contributed by atoms with Crippen LogP contribution in [0.2, 0.25) is 0 Å². The summed E-state index contributed by atoms with van der Waals surface area (Å²) in [7, 11) is 3.97. The number of likely N-dealkylation sites (N-methyl/N-ethyl adjacent to an activating group) is 1. The molecule has 1 spiro atoms. The van der Waals surface area contributed by atoms with Crippen LogP contribution in [0.4, 0.5) is 0 Å². The number of aliphatic hydroxyl groups excluding tert-OH is 2. The second-order valence-corrected chi connectivity index (χ2v) is 6.02. The lowest BCUT2D eigenvalue weighted by molar-refractivity contribution is -0.975. The third kappa shape index (κ3) is 3.39. The molecule has 2 heterocycles. The minimum Gasteiger partial charge on any atom is -0.390 e. The van der Waals surface area contributed by atoms with E-state index in [1.54, 1.807) is 0 Å². The van der Waals surface area contributed by atoms with E-state index in [-0.39, 0.29) is 12.2 Å². The molecule has 17 heavy (non-hydrogen) atoms. The first-order valence-corrected chi connectivity index (χ1v) is 6.57. The van der Waals surface area contributed by atoms with E-state index in [1.165, 1.54) is 0 Å². The molecule has 0 bridgehead atoms. The van der Waals surface area contributed by atoms with Crippen molar-refractivity contribution < 1.29 is 14.7 Å². The Morgan fingerprint density at radius 3 is 2.35 bits per heavy atom. The first-order valence-electron chi connectivity index (χ1n) is 6.57. The van der Waals surface area contributed by atoms with Gasteiger partial charge in [-0.1, -0.05) is 0 Å². The van der Waals surface area contributed by atoms with E-state index < -0.39 is 0 Å². The van der Waals surface area contributed by atoms with Crippen molar-refractivity contribution in [2.45, 2.75) is 12.2 Å². The molecule has 1 unspecified atom stereocenters. The number of nitrogens with zero attached hydrogens (tertiary/aromatic N) is 3. The van der Waals surface area contributed by atoms with E-state index in [2.05, 4.69) is 4.90 Å². The van der Waals surface area contributed by atoms with Gasteiger partial charge in [-0.2, -0.15) is 0 Å². The zero-order valence-electron chi connectivity index (χ0n) is 11.0. The lowest BCUT2D eigenvalue weighted by Crippen LogP contribution is -2.72. The fraction of sp³-hybridized carbons (Fsp3) is 1.00. The zero-order valence-corrected chi connectivity index (χ0v) is 11.0. The maximum atomic E-state index is 9.89. The van der Waals surface area contributed by atoms with Crippen LogP contribution < -0.4 is 0 Å². The summed E-state index contributed by atoms with van der Waals surface area (Å²) in [6.45, 7) is 7.75. The van der Waals surface area contributed by atoms with Crippen LogP contribution in [0.5, 0.6) is 0 Å². The van der Waals surface area contributed by atoms with E-state index in [9.17, 15) is 10.2 Å². The largest absolute Gasteiger partial charge is 0.390 e. The molecule has 0 aromatic carbocycles. The number of hydrogen-bond donors (Lipinski definition) is 2. The van der Waals surface area contributed by atoms with Crippen molar-refractivity contribution >= 4 is 0 Å². The Bertz CT molecular complexity index is 244. The molecule has 5 heteroatoms. The molecule has 2 N–H and O–H groups in total. The average molecular weight is 244 g/mol. The van der Waals surface area contributed by atoms with Crippen molar-refractivity contribution in [2.75, 3.05) is 66.5 Å². The number of hydrogen-bond acceptors (Lipinski definition) is 4. The first kappa shape index (κ1) is 13.2. The molecular weight excluding hydrogens is 218 g/mol. The van der Waals surface area contributed by atoms with E-state index in [0.717, 1.165) is 56.8 Å². The molecule has 0 saturated carbocycles. The van der Waals surface area contributed by atoms with Crippen LogP contribution in [0.15, 0.2) is 0 Å². The van der Waals surface area contributed by atoms with Gasteiger partial charge >= 0.3 is 0 Å². The summed E-state index contributed by atoms with van der Waals surface area (Å²) in [6, 6.07) is 0. The third-order valence-electron chi connectivity index (χ3n) is 4.02. The molecule has 0 aromatic rings. The van der Waals surface area contributed by atoms with Crippen LogP contribution in [-0.4, -0.2) is 103 Å². The summed E-state index contributed by atoms with van der Waals surface area (Å²) < 4.78 is 1.10. The summed E-state index contributed by atoms with van der Waals surface area (Å²) in [4.78, 5) is 4.37. The number of rotatable bonds is 4. The third-order valence-corrected chi connectivity index (χ3v) is 4.02. The zero-order chi connectivity index (χ0) is 12.5. The monoisotopic (exact) mass is 244 g/mol. The smallest absolute Gasteiger partial charge is 0.152 e. The molecule has 5 nitrogen and oxygen atoms in total. The molecule has 2 fully saturated rings. The number of β-amino-alcohol motifs (C(OH)–C–C–N with tert-alkyl or cyclic N) is 1. The molecule has 0 radical (unpaired) electrons. The lowest BCUT2D eigenvalue weighted by atomic mass is 10.0. The minimum absolute atomic E-state index is 0.0686. The number of quaternary nitrogens is 1. The predicted molar refractivity (Wildman–Crippen MR) is 66.7 cm³/mol. The molecule has 0 aromatic heterocycles. The summed E-state index contributed by atoms with van der Waals surface area (Å²) in [6.07, 6.45) is -0.320. The highest BCUT2D eigenvalue weighted by Gasteiger charge is 2.44. The highest BCUT2D eigenvalue weighted by molar-refractivity contribution is 4.75. The Morgan fingerprint density at radius 2 is 1.88 bits per heavy atom. The highest BCUT2D eigenvalue weighted by Crippen LogP contribution is 2.23. The van der Waals surface area contributed by atoms with Crippen LogP contribution in [0.25, 0.3) is 0 Å². The molecule has 1 atom stereocenters. The fourth-order valence-corrected chi connectivity index (χ4v) is 3.10. The lowest BCUT2D eigenvalue weighted by Gasteiger charge is -2.52. The van der Waals surface area contributed by atoms with Crippen LogP contribution in [0.3, 0.4) is 0 Å². The number of piperazine rings is 1. The molecule has 2 rings (SSSR count). The SMILES string of the molecule is CN(C)CC(O)CN1CC[N+]2(CC1)CC(O)C2. The van der Waals surface area contributed by atoms with Crippen LogP contribution in [0, 0.1) is 0 Å². The van der Waals surface area contributed by atoms with Crippen molar-refractivity contribution in [3.8, 4) is 0 Å². The van der Waals surface area contributed by atoms with Crippen molar-refractivity contribution in [1.82, 2.24) is 9.80 Å². The van der Waals surface area contributed by atoms with Gasteiger partial charge in [0.05, 0.1) is 19.2 Å². The van der Waals surface area contributed by atoms with Gasteiger partial charge in [-0.25, -0.2) is 0 Å². The van der Waals surface area contributed by atoms with E-state index in [4.69, 9.17) is 0 Å². The van der Waals surface area contributed by atoms with Crippen LogP contribution in [-0.2, 0) is 0 Å². The highest BCUT2D eigenvalue weighted by atomic mass is 16.3. The Hall–Kier alpha value is -0.200. The molecular formula is C12H26N3O2+. The van der Waals surface area contributed by atoms with Gasteiger partial charge in [0.15, 0.2) is 6.10 Å². The average Bonchev–Trinajstić information content (AvgIpc) is 2.18. The van der Waals surface area contributed by atoms with Crippen LogP contribution >= 0.6 is 0 Å². The van der Waals surface area contributed by atoms with Gasteiger partial charge in [0.1, 0.15) is 13.1 Å². The van der Waals surface area contributed by atoms with Gasteiger partial charge in [0.2, 0.25) is 0 Å². The van der Waals surface area contributed by atoms with E-state index in [1.807, 2.05) is 19.0 Å². The quantitative estimate of drug-likeness (QED) is 0.586. The predicted octanol–water partition coefficient (Wildman–Crippen LogP) is -1.58. The van der Waals surface area contributed by atoms with Gasteiger partial charge < -0.3 is 19.6 Å². The Kier molecular flexibility index (Phi) is 4.05. The van der Waals surface area contributed by atoms with Crippen molar-refractivity contribution in [3.05, 3.63) is 0 Å². The molecule has 2 aliphatic heterocycles. The van der Waals surface area contributed by atoms with Gasteiger partial charge in [-0.05, 0) is 14.1 Å². The Labute approximate surface area is 104 Å². The number of aliphatic hydroxyl groups is 2. The van der Waals surface area contributed by atoms with Gasteiger partial charge in [0.25, 0.3) is 0 Å². The van der Waals surface area contributed by atoms with Crippen molar-refractivity contribution in [2.24, 2.45) is 0 Å². The molecule has 100 valence electrons. The van der Waals surface area contributed by atoms with Crippen molar-refractivity contribution in [1.29, 1.82) is 0 Å². The standard InChI is InChI=1S/C12H26N3O2/c1-13(2)7-11(16)8-14-3-5-15(6-4-14)9-12(17)10-15/h11-12,16-17H,3-10H2,1-2H3/q+1. The second kappa shape index (κ2) is 5.20. The maximum Gasteiger partial charge on any atom is 0.152 e. The molecule has 0 aliphatic carbocycles. The molecule has 2 saturated heterocycles.